The fourth-order valence-corrected chi connectivity index (χ4v) is 3.13. The van der Waals surface area contributed by atoms with Gasteiger partial charge in [-0.05, 0) is 49.7 Å². The maximum Gasteiger partial charge on any atom is 0.219 e. The molecule has 2 aromatic heterocycles. The molecule has 0 bridgehead atoms. The summed E-state index contributed by atoms with van der Waals surface area (Å²) in [5.74, 6) is 2.29. The van der Waals surface area contributed by atoms with Gasteiger partial charge in [0.05, 0.1) is 0 Å². The van der Waals surface area contributed by atoms with Crippen LogP contribution in [0.5, 0.6) is 11.6 Å². The zero-order valence-electron chi connectivity index (χ0n) is 16.5. The molecule has 2 N–H and O–H groups in total. The maximum absolute atomic E-state index is 11.9. The second-order valence-electron chi connectivity index (χ2n) is 7.15. The summed E-state index contributed by atoms with van der Waals surface area (Å²) >= 11 is 0. The molecule has 1 aromatic carbocycles. The van der Waals surface area contributed by atoms with E-state index in [0.717, 1.165) is 30.6 Å². The minimum absolute atomic E-state index is 0.0911. The van der Waals surface area contributed by atoms with Gasteiger partial charge in [0, 0.05) is 43.4 Å². The number of ether oxygens (including phenoxy) is 1. The van der Waals surface area contributed by atoms with Crippen molar-refractivity contribution in [3.8, 4) is 23.0 Å². The van der Waals surface area contributed by atoms with Crippen LogP contribution in [-0.4, -0.2) is 39.9 Å². The first-order chi connectivity index (χ1) is 14.1. The number of hydrogen-bond donors (Lipinski definition) is 2. The van der Waals surface area contributed by atoms with E-state index in [1.54, 1.807) is 12.3 Å². The number of carbonyl (C=O) groups is 1. The molecular formula is C22H23N5O2. The highest BCUT2D eigenvalue weighted by Crippen LogP contribution is 2.25. The molecule has 1 saturated heterocycles. The third kappa shape index (κ3) is 4.75. The first-order valence-corrected chi connectivity index (χ1v) is 9.65. The van der Waals surface area contributed by atoms with Crippen LogP contribution in [0, 0.1) is 6.92 Å². The van der Waals surface area contributed by atoms with Crippen LogP contribution < -0.4 is 15.4 Å². The van der Waals surface area contributed by atoms with Gasteiger partial charge in [-0.15, -0.1) is 0 Å². The molecular weight excluding hydrogens is 366 g/mol. The SMILES string of the molecule is CC(=O)c1cc(N[C@H]2CCNC2)nc(-c2ccc(Oc3ccc(C)cn3)cc2)n1. The fraction of sp³-hybridized carbons (Fsp3) is 0.273. The van der Waals surface area contributed by atoms with Gasteiger partial charge in [-0.2, -0.15) is 0 Å². The molecule has 4 rings (SSSR count). The van der Waals surface area contributed by atoms with Gasteiger partial charge in [0.15, 0.2) is 11.6 Å². The highest BCUT2D eigenvalue weighted by atomic mass is 16.5. The molecule has 1 atom stereocenters. The molecule has 7 heteroatoms. The van der Waals surface area contributed by atoms with Gasteiger partial charge in [-0.1, -0.05) is 6.07 Å². The number of Topliss-reactive ketones (excluding diaryl/α,β-unsaturated/α-hetero) is 1. The van der Waals surface area contributed by atoms with Crippen molar-refractivity contribution in [1.29, 1.82) is 0 Å². The summed E-state index contributed by atoms with van der Waals surface area (Å²) in [5, 5.41) is 6.71. The van der Waals surface area contributed by atoms with E-state index in [4.69, 9.17) is 4.74 Å². The average Bonchev–Trinajstić information content (AvgIpc) is 3.23. The summed E-state index contributed by atoms with van der Waals surface area (Å²) in [5.41, 5.74) is 2.28. The number of hydrogen-bond acceptors (Lipinski definition) is 7. The Balaban J connectivity index is 1.56. The van der Waals surface area contributed by atoms with Gasteiger partial charge >= 0.3 is 0 Å². The molecule has 0 saturated carbocycles. The van der Waals surface area contributed by atoms with Crippen molar-refractivity contribution in [2.24, 2.45) is 0 Å². The molecule has 29 heavy (non-hydrogen) atoms. The maximum atomic E-state index is 11.9. The minimum Gasteiger partial charge on any atom is -0.439 e. The van der Waals surface area contributed by atoms with Gasteiger partial charge in [0.2, 0.25) is 5.88 Å². The van der Waals surface area contributed by atoms with E-state index in [9.17, 15) is 4.79 Å². The number of nitrogens with one attached hydrogen (secondary N) is 2. The van der Waals surface area contributed by atoms with Crippen molar-refractivity contribution >= 4 is 11.6 Å². The van der Waals surface area contributed by atoms with E-state index in [2.05, 4.69) is 25.6 Å². The summed E-state index contributed by atoms with van der Waals surface area (Å²) in [7, 11) is 0. The number of anilines is 1. The Morgan fingerprint density at radius 1 is 1.17 bits per heavy atom. The number of aromatic nitrogens is 3. The summed E-state index contributed by atoms with van der Waals surface area (Å²) in [6.07, 6.45) is 2.78. The van der Waals surface area contributed by atoms with E-state index < -0.39 is 0 Å². The molecule has 0 aliphatic carbocycles. The fourth-order valence-electron chi connectivity index (χ4n) is 3.13. The van der Waals surface area contributed by atoms with E-state index in [-0.39, 0.29) is 5.78 Å². The summed E-state index contributed by atoms with van der Waals surface area (Å²) in [4.78, 5) is 25.2. The van der Waals surface area contributed by atoms with Crippen LogP contribution in [-0.2, 0) is 0 Å². The van der Waals surface area contributed by atoms with Crippen LogP contribution in [0.15, 0.2) is 48.7 Å². The highest BCUT2D eigenvalue weighted by molar-refractivity contribution is 5.93. The number of rotatable bonds is 6. The third-order valence-electron chi connectivity index (χ3n) is 4.72. The van der Waals surface area contributed by atoms with Gasteiger partial charge in [-0.3, -0.25) is 4.79 Å². The summed E-state index contributed by atoms with van der Waals surface area (Å²) in [6.45, 7) is 5.35. The standard InChI is InChI=1S/C22H23N5O2/c1-14-3-8-21(24-12-14)29-18-6-4-16(5-7-18)22-26-19(15(2)28)11-20(27-22)25-17-9-10-23-13-17/h3-8,11-12,17,23H,9-10,13H2,1-2H3,(H,25,26,27)/t17-/m0/s1. The number of aryl methyl sites for hydroxylation is 1. The number of pyridine rings is 1. The number of nitrogens with zero attached hydrogens (tertiary/aromatic N) is 3. The Labute approximate surface area is 169 Å². The lowest BCUT2D eigenvalue weighted by molar-refractivity contribution is 0.101. The molecule has 0 spiro atoms. The molecule has 1 aliphatic rings. The molecule has 3 heterocycles. The zero-order chi connectivity index (χ0) is 20.2. The van der Waals surface area contributed by atoms with Crippen molar-refractivity contribution in [2.75, 3.05) is 18.4 Å². The van der Waals surface area contributed by atoms with Crippen molar-refractivity contribution in [1.82, 2.24) is 20.3 Å². The second-order valence-corrected chi connectivity index (χ2v) is 7.15. The zero-order valence-corrected chi connectivity index (χ0v) is 16.5. The lowest BCUT2D eigenvalue weighted by Crippen LogP contribution is -2.23. The Morgan fingerprint density at radius 2 is 2.00 bits per heavy atom. The number of benzene rings is 1. The molecule has 0 unspecified atom stereocenters. The quantitative estimate of drug-likeness (QED) is 0.623. The van der Waals surface area contributed by atoms with Crippen LogP contribution in [0.2, 0.25) is 0 Å². The normalized spacial score (nSPS) is 15.9. The van der Waals surface area contributed by atoms with Crippen LogP contribution in [0.25, 0.3) is 11.4 Å². The number of ketones is 1. The molecule has 7 nitrogen and oxygen atoms in total. The molecule has 0 amide bonds. The monoisotopic (exact) mass is 389 g/mol. The lowest BCUT2D eigenvalue weighted by Gasteiger charge is -2.14. The van der Waals surface area contributed by atoms with Crippen LogP contribution in [0.3, 0.4) is 0 Å². The van der Waals surface area contributed by atoms with Gasteiger partial charge in [0.25, 0.3) is 0 Å². The average molecular weight is 389 g/mol. The van der Waals surface area contributed by atoms with Crippen LogP contribution >= 0.6 is 0 Å². The molecule has 0 radical (unpaired) electrons. The second kappa shape index (κ2) is 8.36. The van der Waals surface area contributed by atoms with Crippen molar-refractivity contribution in [2.45, 2.75) is 26.3 Å². The first kappa shape index (κ1) is 19.0. The Morgan fingerprint density at radius 3 is 2.66 bits per heavy atom. The Bertz CT molecular complexity index is 997. The van der Waals surface area contributed by atoms with Gasteiger partial charge in [0.1, 0.15) is 17.3 Å². The largest absolute Gasteiger partial charge is 0.439 e. The smallest absolute Gasteiger partial charge is 0.219 e. The topological polar surface area (TPSA) is 89.0 Å². The molecule has 3 aromatic rings. The molecule has 148 valence electrons. The Kier molecular flexibility index (Phi) is 5.48. The Hall–Kier alpha value is -3.32. The summed E-state index contributed by atoms with van der Waals surface area (Å²) < 4.78 is 5.77. The van der Waals surface area contributed by atoms with Crippen molar-refractivity contribution in [3.63, 3.8) is 0 Å². The van der Waals surface area contributed by atoms with E-state index in [1.165, 1.54) is 6.92 Å². The van der Waals surface area contributed by atoms with Gasteiger partial charge < -0.3 is 15.4 Å². The van der Waals surface area contributed by atoms with Gasteiger partial charge in [-0.25, -0.2) is 15.0 Å². The van der Waals surface area contributed by atoms with Crippen molar-refractivity contribution in [3.05, 3.63) is 59.9 Å². The van der Waals surface area contributed by atoms with E-state index in [1.807, 2.05) is 43.3 Å². The van der Waals surface area contributed by atoms with Crippen LogP contribution in [0.1, 0.15) is 29.4 Å². The van der Waals surface area contributed by atoms with E-state index >= 15 is 0 Å². The minimum atomic E-state index is -0.0911. The first-order valence-electron chi connectivity index (χ1n) is 9.65. The predicted molar refractivity (Wildman–Crippen MR) is 111 cm³/mol. The van der Waals surface area contributed by atoms with E-state index in [0.29, 0.717) is 35.0 Å². The third-order valence-corrected chi connectivity index (χ3v) is 4.72. The summed E-state index contributed by atoms with van der Waals surface area (Å²) in [6, 6.07) is 13.2. The highest BCUT2D eigenvalue weighted by Gasteiger charge is 2.17. The van der Waals surface area contributed by atoms with Crippen molar-refractivity contribution < 1.29 is 9.53 Å². The molecule has 1 aliphatic heterocycles. The van der Waals surface area contributed by atoms with Crippen LogP contribution in [0.4, 0.5) is 5.82 Å². The predicted octanol–water partition coefficient (Wildman–Crippen LogP) is 3.62. The molecule has 1 fully saturated rings. The number of carbonyl (C=O) groups excluding carboxylic acids is 1. The lowest BCUT2D eigenvalue weighted by atomic mass is 10.2.